The Morgan fingerprint density at radius 2 is 1.72 bits per heavy atom. The summed E-state index contributed by atoms with van der Waals surface area (Å²) in [6, 6.07) is 9.40. The standard InChI is InChI=1S/C14H9Cl3O/c15-9-6-11(16)13(12(17)7-9)10-3-1-2-8-4-5-18-14(8)10/h1-3,6-7H,4-5H2. The monoisotopic (exact) mass is 298 g/mol. The number of hydrogen-bond acceptors (Lipinski definition) is 1. The topological polar surface area (TPSA) is 9.23 Å². The highest BCUT2D eigenvalue weighted by Crippen LogP contribution is 2.44. The van der Waals surface area contributed by atoms with Gasteiger partial charge in [0.2, 0.25) is 0 Å². The molecule has 0 unspecified atom stereocenters. The third-order valence-electron chi connectivity index (χ3n) is 2.99. The number of fused-ring (bicyclic) bond motifs is 1. The Bertz CT molecular complexity index is 599. The summed E-state index contributed by atoms with van der Waals surface area (Å²) in [5, 5.41) is 1.61. The summed E-state index contributed by atoms with van der Waals surface area (Å²) in [7, 11) is 0. The molecule has 0 saturated heterocycles. The second kappa shape index (κ2) is 4.65. The van der Waals surface area contributed by atoms with Gasteiger partial charge in [0.15, 0.2) is 0 Å². The van der Waals surface area contributed by atoms with Gasteiger partial charge in [0, 0.05) is 22.6 Å². The zero-order chi connectivity index (χ0) is 12.7. The van der Waals surface area contributed by atoms with Crippen LogP contribution in [-0.4, -0.2) is 6.61 Å². The second-order valence-corrected chi connectivity index (χ2v) is 5.39. The zero-order valence-corrected chi connectivity index (χ0v) is 11.6. The lowest BCUT2D eigenvalue weighted by molar-refractivity contribution is 0.358. The third kappa shape index (κ3) is 1.97. The molecule has 0 atom stereocenters. The van der Waals surface area contributed by atoms with Crippen molar-refractivity contribution in [2.24, 2.45) is 0 Å². The van der Waals surface area contributed by atoms with Gasteiger partial charge in [-0.05, 0) is 17.7 Å². The first kappa shape index (κ1) is 12.2. The first-order chi connectivity index (χ1) is 8.66. The molecule has 92 valence electrons. The van der Waals surface area contributed by atoms with E-state index in [0.29, 0.717) is 21.7 Å². The molecule has 0 aliphatic carbocycles. The van der Waals surface area contributed by atoms with Crippen molar-refractivity contribution in [1.82, 2.24) is 0 Å². The van der Waals surface area contributed by atoms with Crippen LogP contribution in [0, 0.1) is 0 Å². The number of para-hydroxylation sites is 1. The molecule has 0 amide bonds. The highest BCUT2D eigenvalue weighted by Gasteiger charge is 2.20. The number of halogens is 3. The Morgan fingerprint density at radius 1 is 1.00 bits per heavy atom. The van der Waals surface area contributed by atoms with Gasteiger partial charge in [-0.25, -0.2) is 0 Å². The molecule has 0 aromatic heterocycles. The van der Waals surface area contributed by atoms with E-state index in [-0.39, 0.29) is 0 Å². The summed E-state index contributed by atoms with van der Waals surface area (Å²) in [5.74, 6) is 0.878. The van der Waals surface area contributed by atoms with Crippen LogP contribution in [-0.2, 0) is 6.42 Å². The van der Waals surface area contributed by atoms with Gasteiger partial charge < -0.3 is 4.74 Å². The lowest BCUT2D eigenvalue weighted by Crippen LogP contribution is -1.90. The predicted molar refractivity (Wildman–Crippen MR) is 76.1 cm³/mol. The predicted octanol–water partition coefficient (Wildman–Crippen LogP) is 5.25. The van der Waals surface area contributed by atoms with Crippen molar-refractivity contribution in [2.45, 2.75) is 6.42 Å². The second-order valence-electron chi connectivity index (χ2n) is 4.14. The van der Waals surface area contributed by atoms with Gasteiger partial charge in [-0.3, -0.25) is 0 Å². The van der Waals surface area contributed by atoms with E-state index in [1.807, 2.05) is 12.1 Å². The van der Waals surface area contributed by atoms with Crippen molar-refractivity contribution in [3.8, 4) is 16.9 Å². The Morgan fingerprint density at radius 3 is 2.44 bits per heavy atom. The number of hydrogen-bond donors (Lipinski definition) is 0. The molecule has 18 heavy (non-hydrogen) atoms. The molecule has 0 fully saturated rings. The van der Waals surface area contributed by atoms with E-state index in [1.165, 1.54) is 5.56 Å². The van der Waals surface area contributed by atoms with Crippen LogP contribution in [0.3, 0.4) is 0 Å². The van der Waals surface area contributed by atoms with E-state index in [2.05, 4.69) is 6.07 Å². The van der Waals surface area contributed by atoms with E-state index < -0.39 is 0 Å². The van der Waals surface area contributed by atoms with Crippen LogP contribution in [0.2, 0.25) is 15.1 Å². The normalized spacial score (nSPS) is 13.3. The summed E-state index contributed by atoms with van der Waals surface area (Å²) in [4.78, 5) is 0. The van der Waals surface area contributed by atoms with E-state index in [9.17, 15) is 0 Å². The van der Waals surface area contributed by atoms with Crippen molar-refractivity contribution in [3.63, 3.8) is 0 Å². The van der Waals surface area contributed by atoms with Gasteiger partial charge in [0.05, 0.1) is 16.7 Å². The molecule has 0 spiro atoms. The van der Waals surface area contributed by atoms with Crippen LogP contribution < -0.4 is 4.74 Å². The molecule has 3 rings (SSSR count). The summed E-state index contributed by atoms with van der Waals surface area (Å²) in [6.07, 6.45) is 0.923. The fraction of sp³-hybridized carbons (Fsp3) is 0.143. The Kier molecular flexibility index (Phi) is 3.14. The maximum absolute atomic E-state index is 6.25. The van der Waals surface area contributed by atoms with Crippen LogP contribution >= 0.6 is 34.8 Å². The van der Waals surface area contributed by atoms with Crippen molar-refractivity contribution in [2.75, 3.05) is 6.61 Å². The number of rotatable bonds is 1. The van der Waals surface area contributed by atoms with Gasteiger partial charge in [-0.15, -0.1) is 0 Å². The minimum atomic E-state index is 0.530. The van der Waals surface area contributed by atoms with Crippen molar-refractivity contribution >= 4 is 34.8 Å². The van der Waals surface area contributed by atoms with Crippen LogP contribution in [0.4, 0.5) is 0 Å². The van der Waals surface area contributed by atoms with Crippen LogP contribution in [0.1, 0.15) is 5.56 Å². The largest absolute Gasteiger partial charge is 0.492 e. The molecule has 1 heterocycles. The molecule has 0 radical (unpaired) electrons. The van der Waals surface area contributed by atoms with E-state index >= 15 is 0 Å². The zero-order valence-electron chi connectivity index (χ0n) is 9.34. The molecule has 0 bridgehead atoms. The average molecular weight is 300 g/mol. The highest BCUT2D eigenvalue weighted by molar-refractivity contribution is 6.42. The van der Waals surface area contributed by atoms with Gasteiger partial charge in [0.25, 0.3) is 0 Å². The number of ether oxygens (including phenoxy) is 1. The van der Waals surface area contributed by atoms with Gasteiger partial charge >= 0.3 is 0 Å². The smallest absolute Gasteiger partial charge is 0.130 e. The highest BCUT2D eigenvalue weighted by atomic mass is 35.5. The first-order valence-electron chi connectivity index (χ1n) is 5.56. The molecule has 1 aliphatic heterocycles. The summed E-state index contributed by atoms with van der Waals surface area (Å²) in [5.41, 5.74) is 2.90. The lowest BCUT2D eigenvalue weighted by atomic mass is 10.0. The van der Waals surface area contributed by atoms with E-state index in [1.54, 1.807) is 12.1 Å². The van der Waals surface area contributed by atoms with Crippen molar-refractivity contribution < 1.29 is 4.74 Å². The summed E-state index contributed by atoms with van der Waals surface area (Å²) < 4.78 is 5.67. The first-order valence-corrected chi connectivity index (χ1v) is 6.70. The van der Waals surface area contributed by atoms with Crippen LogP contribution in [0.5, 0.6) is 5.75 Å². The van der Waals surface area contributed by atoms with E-state index in [0.717, 1.165) is 23.3 Å². The molecule has 0 saturated carbocycles. The molecule has 1 aliphatic rings. The van der Waals surface area contributed by atoms with Crippen molar-refractivity contribution in [1.29, 1.82) is 0 Å². The molecule has 4 heteroatoms. The summed E-state index contributed by atoms with van der Waals surface area (Å²) >= 11 is 18.4. The maximum Gasteiger partial charge on any atom is 0.130 e. The summed E-state index contributed by atoms with van der Waals surface area (Å²) in [6.45, 7) is 0.704. The average Bonchev–Trinajstić information content (AvgIpc) is 2.76. The van der Waals surface area contributed by atoms with Crippen LogP contribution in [0.25, 0.3) is 11.1 Å². The Hall–Kier alpha value is -0.890. The quantitative estimate of drug-likeness (QED) is 0.699. The van der Waals surface area contributed by atoms with Gasteiger partial charge in [-0.2, -0.15) is 0 Å². The SMILES string of the molecule is Clc1cc(Cl)c(-c2cccc3c2OCC3)c(Cl)c1. The van der Waals surface area contributed by atoms with Crippen molar-refractivity contribution in [3.05, 3.63) is 51.0 Å². The Balaban J connectivity index is 2.25. The van der Waals surface area contributed by atoms with Gasteiger partial charge in [-0.1, -0.05) is 53.0 Å². The van der Waals surface area contributed by atoms with Crippen LogP contribution in [0.15, 0.2) is 30.3 Å². The number of benzene rings is 2. The molecule has 2 aromatic carbocycles. The maximum atomic E-state index is 6.25. The fourth-order valence-electron chi connectivity index (χ4n) is 2.21. The minimum Gasteiger partial charge on any atom is -0.492 e. The minimum absolute atomic E-state index is 0.530. The molecule has 2 aromatic rings. The fourth-order valence-corrected chi connectivity index (χ4v) is 3.23. The molecular formula is C14H9Cl3O. The third-order valence-corrected chi connectivity index (χ3v) is 3.80. The molecule has 0 N–H and O–H groups in total. The molecular weight excluding hydrogens is 291 g/mol. The lowest BCUT2D eigenvalue weighted by Gasteiger charge is -2.12. The van der Waals surface area contributed by atoms with Gasteiger partial charge in [0.1, 0.15) is 5.75 Å². The van der Waals surface area contributed by atoms with E-state index in [4.69, 9.17) is 39.5 Å². The molecule has 1 nitrogen and oxygen atoms in total. The Labute approximate surface area is 120 Å².